The van der Waals surface area contributed by atoms with Crippen molar-refractivity contribution in [2.75, 3.05) is 40.9 Å². The number of phosphoric acid groups is 1. The quantitative estimate of drug-likeness (QED) is 0.0247. The summed E-state index contributed by atoms with van der Waals surface area (Å²) in [4.78, 5) is 23.1. The fourth-order valence-corrected chi connectivity index (χ4v) is 7.28. The summed E-state index contributed by atoms with van der Waals surface area (Å²) in [5.74, 6) is -0.150. The minimum atomic E-state index is -4.31. The molecule has 54 heavy (non-hydrogen) atoms. The highest BCUT2D eigenvalue weighted by atomic mass is 31.2. The van der Waals surface area contributed by atoms with Crippen molar-refractivity contribution >= 4 is 13.7 Å². The molecule has 0 radical (unpaired) electrons. The maximum atomic E-state index is 12.9. The lowest BCUT2D eigenvalue weighted by Crippen LogP contribution is -2.46. The van der Waals surface area contributed by atoms with Gasteiger partial charge in [-0.3, -0.25) is 13.8 Å². The number of hydrogen-bond donors (Lipinski definition) is 3. The van der Waals surface area contributed by atoms with E-state index in [2.05, 4.69) is 43.5 Å². The lowest BCUT2D eigenvalue weighted by molar-refractivity contribution is -0.870. The number of carbonyl (C=O) groups is 1. The van der Waals surface area contributed by atoms with Gasteiger partial charge in [-0.2, -0.15) is 0 Å². The zero-order chi connectivity index (χ0) is 40.0. The molecule has 3 atom stereocenters. The van der Waals surface area contributed by atoms with Crippen LogP contribution in [0.3, 0.4) is 0 Å². The molecule has 0 rings (SSSR count). The van der Waals surface area contributed by atoms with Crippen LogP contribution in [0, 0.1) is 0 Å². The Morgan fingerprint density at radius 3 is 1.52 bits per heavy atom. The Morgan fingerprint density at radius 1 is 0.630 bits per heavy atom. The maximum Gasteiger partial charge on any atom is 0.472 e. The van der Waals surface area contributed by atoms with E-state index in [1.54, 1.807) is 0 Å². The van der Waals surface area contributed by atoms with Gasteiger partial charge in [0.2, 0.25) is 5.91 Å². The van der Waals surface area contributed by atoms with Crippen LogP contribution in [0.25, 0.3) is 0 Å². The molecular weight excluding hydrogens is 695 g/mol. The summed E-state index contributed by atoms with van der Waals surface area (Å²) in [6.45, 7) is 4.86. The van der Waals surface area contributed by atoms with Gasteiger partial charge in [0.25, 0.3) is 0 Å². The van der Waals surface area contributed by atoms with Gasteiger partial charge in [-0.25, -0.2) is 4.57 Å². The van der Waals surface area contributed by atoms with E-state index in [-0.39, 0.29) is 19.1 Å². The highest BCUT2D eigenvalue weighted by Crippen LogP contribution is 2.43. The number of amides is 1. The highest BCUT2D eigenvalue weighted by Gasteiger charge is 2.28. The standard InChI is InChI=1S/C45H89N2O6P/c1-6-8-10-12-14-16-18-19-20-21-22-23-24-25-26-27-29-31-33-35-37-39-45(49)46-43(42-53-54(50,51)52-41-40-47(3,4)5)44(48)38-36-34-32-30-28-17-15-13-11-9-7-2/h18-19,21-22,43-44,48H,6-17,20,23-42H2,1-5H3,(H-,46,49,50,51)/p+1/b19-18-,22-21-. The molecule has 9 heteroatoms. The molecule has 3 unspecified atom stereocenters. The molecule has 0 bridgehead atoms. The van der Waals surface area contributed by atoms with Gasteiger partial charge in [-0.05, 0) is 44.9 Å². The first-order valence-electron chi connectivity index (χ1n) is 22.7. The average Bonchev–Trinajstić information content (AvgIpc) is 3.12. The van der Waals surface area contributed by atoms with Crippen molar-refractivity contribution in [2.24, 2.45) is 0 Å². The van der Waals surface area contributed by atoms with Crippen LogP contribution in [-0.2, 0) is 18.4 Å². The third-order valence-electron chi connectivity index (χ3n) is 10.2. The number of allylic oxidation sites excluding steroid dienone is 4. The molecule has 0 aliphatic heterocycles. The molecule has 0 aromatic rings. The fraction of sp³-hybridized carbons (Fsp3) is 0.889. The summed E-state index contributed by atoms with van der Waals surface area (Å²) in [7, 11) is 1.61. The third-order valence-corrected chi connectivity index (χ3v) is 11.2. The SMILES string of the molecule is CCCCCCC/C=C\C/C=C\CCCCCCCCCCCC(=O)NC(COP(=O)(O)OCC[N+](C)(C)C)C(O)CCCCCCCCCCCCC. The van der Waals surface area contributed by atoms with Gasteiger partial charge in [-0.1, -0.05) is 179 Å². The lowest BCUT2D eigenvalue weighted by Gasteiger charge is -2.26. The number of carbonyl (C=O) groups excluding carboxylic acids is 1. The first kappa shape index (κ1) is 53.0. The molecule has 0 spiro atoms. The number of aliphatic hydroxyl groups is 1. The van der Waals surface area contributed by atoms with Crippen LogP contribution >= 0.6 is 7.82 Å². The summed E-state index contributed by atoms with van der Waals surface area (Å²) in [6.07, 6.45) is 43.4. The van der Waals surface area contributed by atoms with Crippen LogP contribution in [0.15, 0.2) is 24.3 Å². The number of nitrogens with one attached hydrogen (secondary N) is 1. The molecule has 1 amide bonds. The molecule has 0 fully saturated rings. The Labute approximate surface area is 334 Å². The number of rotatable bonds is 41. The number of hydrogen-bond acceptors (Lipinski definition) is 5. The Hall–Kier alpha value is -1.02. The summed E-state index contributed by atoms with van der Waals surface area (Å²) in [5.41, 5.74) is 0. The van der Waals surface area contributed by atoms with Crippen LogP contribution in [0.2, 0.25) is 0 Å². The van der Waals surface area contributed by atoms with Gasteiger partial charge in [0.1, 0.15) is 13.2 Å². The zero-order valence-electron chi connectivity index (χ0n) is 36.2. The molecule has 320 valence electrons. The molecule has 3 N–H and O–H groups in total. The summed E-state index contributed by atoms with van der Waals surface area (Å²) >= 11 is 0. The average molecular weight is 786 g/mol. The monoisotopic (exact) mass is 786 g/mol. The smallest absolute Gasteiger partial charge is 0.391 e. The Morgan fingerprint density at radius 2 is 1.06 bits per heavy atom. The molecule has 0 aliphatic rings. The van der Waals surface area contributed by atoms with Crippen LogP contribution < -0.4 is 5.32 Å². The van der Waals surface area contributed by atoms with Crippen LogP contribution in [0.5, 0.6) is 0 Å². The van der Waals surface area contributed by atoms with E-state index in [9.17, 15) is 19.4 Å². The molecule has 0 saturated heterocycles. The van der Waals surface area contributed by atoms with Gasteiger partial charge in [0.05, 0.1) is 39.9 Å². The summed E-state index contributed by atoms with van der Waals surface area (Å²) < 4.78 is 23.6. The summed E-state index contributed by atoms with van der Waals surface area (Å²) in [6, 6.07) is -0.759. The van der Waals surface area contributed by atoms with Crippen molar-refractivity contribution < 1.29 is 32.9 Å². The molecule has 0 saturated carbocycles. The highest BCUT2D eigenvalue weighted by molar-refractivity contribution is 7.47. The van der Waals surface area contributed by atoms with Gasteiger partial charge < -0.3 is 19.8 Å². The third kappa shape index (κ3) is 39.2. The van der Waals surface area contributed by atoms with E-state index in [0.29, 0.717) is 23.9 Å². The van der Waals surface area contributed by atoms with Crippen LogP contribution in [0.1, 0.15) is 206 Å². The Kier molecular flexibility index (Phi) is 36.8. The molecular formula is C45H90N2O6P+. The van der Waals surface area contributed by atoms with Crippen molar-refractivity contribution in [1.29, 1.82) is 0 Å². The largest absolute Gasteiger partial charge is 0.472 e. The minimum Gasteiger partial charge on any atom is -0.391 e. The molecule has 0 aliphatic carbocycles. The number of unbranched alkanes of at least 4 members (excludes halogenated alkanes) is 24. The molecule has 0 heterocycles. The molecule has 0 aromatic carbocycles. The van der Waals surface area contributed by atoms with E-state index < -0.39 is 20.0 Å². The number of quaternary nitrogens is 1. The van der Waals surface area contributed by atoms with Crippen molar-refractivity contribution in [3.8, 4) is 0 Å². The van der Waals surface area contributed by atoms with E-state index in [1.165, 1.54) is 135 Å². The number of phosphoric ester groups is 1. The second-order valence-corrected chi connectivity index (χ2v) is 18.2. The molecule has 0 aromatic heterocycles. The predicted octanol–water partition coefficient (Wildman–Crippen LogP) is 12.5. The summed E-state index contributed by atoms with van der Waals surface area (Å²) in [5, 5.41) is 13.9. The van der Waals surface area contributed by atoms with Gasteiger partial charge in [-0.15, -0.1) is 0 Å². The first-order valence-corrected chi connectivity index (χ1v) is 24.2. The normalized spacial score (nSPS) is 14.6. The van der Waals surface area contributed by atoms with Gasteiger partial charge in [0, 0.05) is 6.42 Å². The second-order valence-electron chi connectivity index (χ2n) is 16.8. The predicted molar refractivity (Wildman–Crippen MR) is 231 cm³/mol. The lowest BCUT2D eigenvalue weighted by atomic mass is 10.0. The van der Waals surface area contributed by atoms with E-state index >= 15 is 0 Å². The Bertz CT molecular complexity index is 938. The fourth-order valence-electron chi connectivity index (χ4n) is 6.55. The van der Waals surface area contributed by atoms with Crippen molar-refractivity contribution in [3.05, 3.63) is 24.3 Å². The second kappa shape index (κ2) is 37.6. The first-order chi connectivity index (χ1) is 26.0. The number of aliphatic hydroxyl groups excluding tert-OH is 1. The van der Waals surface area contributed by atoms with Gasteiger partial charge >= 0.3 is 7.82 Å². The zero-order valence-corrected chi connectivity index (χ0v) is 37.1. The van der Waals surface area contributed by atoms with Gasteiger partial charge in [0.15, 0.2) is 0 Å². The van der Waals surface area contributed by atoms with Crippen molar-refractivity contribution in [3.63, 3.8) is 0 Å². The minimum absolute atomic E-state index is 0.0742. The van der Waals surface area contributed by atoms with Crippen molar-refractivity contribution in [1.82, 2.24) is 5.32 Å². The molecule has 8 nitrogen and oxygen atoms in total. The Balaban J connectivity index is 4.27. The van der Waals surface area contributed by atoms with E-state index in [0.717, 1.165) is 44.9 Å². The van der Waals surface area contributed by atoms with Crippen molar-refractivity contribution in [2.45, 2.75) is 219 Å². The van der Waals surface area contributed by atoms with E-state index in [1.807, 2.05) is 21.1 Å². The maximum absolute atomic E-state index is 12.9. The topological polar surface area (TPSA) is 105 Å². The number of likely N-dealkylation sites (N-methyl/N-ethyl adjacent to an activating group) is 1. The van der Waals surface area contributed by atoms with Crippen LogP contribution in [-0.4, -0.2) is 73.4 Å². The van der Waals surface area contributed by atoms with E-state index in [4.69, 9.17) is 9.05 Å². The van der Waals surface area contributed by atoms with Crippen LogP contribution in [0.4, 0.5) is 0 Å². The number of nitrogens with zero attached hydrogens (tertiary/aromatic N) is 1.